The van der Waals surface area contributed by atoms with E-state index < -0.39 is 7.82 Å². The first kappa shape index (κ1) is 47.1. The van der Waals surface area contributed by atoms with Crippen molar-refractivity contribution < 1.29 is 18.1 Å². The smallest absolute Gasteiger partial charge is 0.287 e. The van der Waals surface area contributed by atoms with Crippen molar-refractivity contribution in [2.24, 2.45) is 5.92 Å². The average molecular weight is 714 g/mol. The Kier molecular flexibility index (Phi) is 33.7. The summed E-state index contributed by atoms with van der Waals surface area (Å²) in [5.74, 6) is 0.639. The Morgan fingerprint density at radius 1 is 0.449 bits per heavy atom. The Hall–Kier alpha value is 0.0700. The summed E-state index contributed by atoms with van der Waals surface area (Å²) >= 11 is 0. The van der Waals surface area contributed by atoms with Gasteiger partial charge in [-0.05, 0) is 32.1 Å². The van der Waals surface area contributed by atoms with Crippen molar-refractivity contribution >= 4 is 7.82 Å². The minimum Gasteiger partial charge on any atom is -0.287 e. The van der Waals surface area contributed by atoms with Gasteiger partial charge in [-0.15, -0.1) is 0 Å². The van der Waals surface area contributed by atoms with E-state index in [1.807, 2.05) is 0 Å². The molecular formula is C43H88NO4P. The molecule has 0 aliphatic carbocycles. The lowest BCUT2D eigenvalue weighted by molar-refractivity contribution is 0.0509. The first-order valence-electron chi connectivity index (χ1n) is 22.3. The number of rotatable bonds is 39. The van der Waals surface area contributed by atoms with Crippen molar-refractivity contribution in [3.8, 4) is 0 Å². The highest BCUT2D eigenvalue weighted by atomic mass is 31.2. The topological polar surface area (TPSA) is 48.0 Å². The summed E-state index contributed by atoms with van der Waals surface area (Å²) in [5, 5.41) is 0. The molecule has 1 fully saturated rings. The molecule has 0 aromatic heterocycles. The van der Waals surface area contributed by atoms with Crippen LogP contribution in [0.15, 0.2) is 0 Å². The minimum atomic E-state index is -3.54. The third-order valence-corrected chi connectivity index (χ3v) is 12.6. The fourth-order valence-electron chi connectivity index (χ4n) is 7.27. The quantitative estimate of drug-likeness (QED) is 0.0469. The van der Waals surface area contributed by atoms with Crippen molar-refractivity contribution in [1.29, 1.82) is 0 Å². The van der Waals surface area contributed by atoms with Gasteiger partial charge in [0, 0.05) is 12.6 Å². The second-order valence-corrected chi connectivity index (χ2v) is 17.5. The van der Waals surface area contributed by atoms with Crippen LogP contribution in [0.5, 0.6) is 0 Å². The molecule has 5 nitrogen and oxygen atoms in total. The van der Waals surface area contributed by atoms with Gasteiger partial charge in [-0.1, -0.05) is 213 Å². The Labute approximate surface area is 308 Å². The maximum absolute atomic E-state index is 13.6. The molecule has 0 N–H and O–H groups in total. The van der Waals surface area contributed by atoms with Gasteiger partial charge >= 0.3 is 7.82 Å². The predicted molar refractivity (Wildman–Crippen MR) is 215 cm³/mol. The molecule has 0 saturated carbocycles. The summed E-state index contributed by atoms with van der Waals surface area (Å²) in [7, 11) is -3.54. The molecule has 6 heteroatoms. The van der Waals surface area contributed by atoms with E-state index in [1.54, 1.807) is 0 Å². The van der Waals surface area contributed by atoms with Gasteiger partial charge in [0.25, 0.3) is 0 Å². The zero-order valence-electron chi connectivity index (χ0n) is 33.8. The van der Waals surface area contributed by atoms with Crippen molar-refractivity contribution in [1.82, 2.24) is 4.90 Å². The summed E-state index contributed by atoms with van der Waals surface area (Å²) in [6.07, 6.45) is 44.0. The summed E-state index contributed by atoms with van der Waals surface area (Å²) in [5.41, 5.74) is 0. The molecule has 1 rings (SSSR count). The van der Waals surface area contributed by atoms with Gasteiger partial charge in [0.05, 0.1) is 13.2 Å². The van der Waals surface area contributed by atoms with E-state index in [0.717, 1.165) is 38.6 Å². The minimum absolute atomic E-state index is 0.334. The van der Waals surface area contributed by atoms with E-state index in [-0.39, 0.29) is 0 Å². The monoisotopic (exact) mass is 714 g/mol. The number of nitrogens with zero attached hydrogens (tertiary/aromatic N) is 1. The number of phosphoric ester groups is 1. The maximum atomic E-state index is 13.6. The number of likely N-dealkylation sites (tertiary alicyclic amines) is 1. The van der Waals surface area contributed by atoms with Gasteiger partial charge in [0.2, 0.25) is 0 Å². The molecule has 1 aliphatic rings. The van der Waals surface area contributed by atoms with Crippen LogP contribution in [-0.2, 0) is 18.1 Å². The van der Waals surface area contributed by atoms with Gasteiger partial charge in [-0.2, -0.15) is 0 Å². The molecule has 0 amide bonds. The molecule has 0 bridgehead atoms. The predicted octanol–water partition coefficient (Wildman–Crippen LogP) is 15.4. The molecule has 0 radical (unpaired) electrons. The van der Waals surface area contributed by atoms with Crippen LogP contribution in [0.2, 0.25) is 0 Å². The van der Waals surface area contributed by atoms with Crippen molar-refractivity contribution in [2.45, 2.75) is 246 Å². The van der Waals surface area contributed by atoms with Crippen LogP contribution in [0, 0.1) is 5.92 Å². The fourth-order valence-corrected chi connectivity index (χ4v) is 8.48. The summed E-state index contributed by atoms with van der Waals surface area (Å²) in [4.78, 5) is 2.27. The lowest BCUT2D eigenvalue weighted by Crippen LogP contribution is -2.31. The zero-order valence-corrected chi connectivity index (χ0v) is 34.7. The van der Waals surface area contributed by atoms with Crippen LogP contribution in [0.3, 0.4) is 0 Å². The number of hydrogen-bond acceptors (Lipinski definition) is 5. The maximum Gasteiger partial charge on any atom is 0.476 e. The standard InChI is InChI=1S/C43H88NO4P/c1-5-7-9-11-13-15-17-19-21-23-25-27-29-31-33-35-39-46-49(45,48-41-44-38-37-42(3)43(44)4)47-40-36-34-32-30-28-26-24-22-20-18-16-14-12-10-8-6-2/h42-43H,5-41H2,1-4H3. The molecule has 2 atom stereocenters. The molecule has 294 valence electrons. The van der Waals surface area contributed by atoms with Crippen LogP contribution in [0.4, 0.5) is 0 Å². The van der Waals surface area contributed by atoms with Crippen LogP contribution < -0.4 is 0 Å². The summed E-state index contributed by atoms with van der Waals surface area (Å²) in [6, 6.07) is 0.439. The Bertz CT molecular complexity index is 680. The first-order chi connectivity index (χ1) is 24.0. The Balaban J connectivity index is 2.09. The van der Waals surface area contributed by atoms with Gasteiger partial charge in [-0.25, -0.2) is 4.57 Å². The van der Waals surface area contributed by atoms with Crippen LogP contribution >= 0.6 is 7.82 Å². The highest BCUT2D eigenvalue weighted by molar-refractivity contribution is 7.48. The lowest BCUT2D eigenvalue weighted by atomic mass is 10.0. The van der Waals surface area contributed by atoms with Crippen LogP contribution in [0.25, 0.3) is 0 Å². The van der Waals surface area contributed by atoms with E-state index in [0.29, 0.717) is 31.9 Å². The number of unbranched alkanes of at least 4 members (excludes halogenated alkanes) is 30. The van der Waals surface area contributed by atoms with E-state index in [9.17, 15) is 4.57 Å². The molecule has 1 heterocycles. The van der Waals surface area contributed by atoms with Crippen molar-refractivity contribution in [3.63, 3.8) is 0 Å². The number of phosphoric acid groups is 1. The van der Waals surface area contributed by atoms with Gasteiger partial charge < -0.3 is 0 Å². The summed E-state index contributed by atoms with van der Waals surface area (Å²) < 4.78 is 31.3. The van der Waals surface area contributed by atoms with Crippen molar-refractivity contribution in [2.75, 3.05) is 26.5 Å². The third-order valence-electron chi connectivity index (χ3n) is 11.1. The van der Waals surface area contributed by atoms with Gasteiger partial charge in [-0.3, -0.25) is 18.5 Å². The first-order valence-corrected chi connectivity index (χ1v) is 23.8. The molecule has 0 aromatic carbocycles. The zero-order chi connectivity index (χ0) is 35.5. The molecule has 2 unspecified atom stereocenters. The SMILES string of the molecule is CCCCCCCCCCCCCCCCCCOP(=O)(OCCCCCCCCCCCCCCCCCC)OCN1CCC(C)C1C. The second-order valence-electron chi connectivity index (χ2n) is 15.8. The molecule has 0 aromatic rings. The molecule has 1 aliphatic heterocycles. The average Bonchev–Trinajstić information content (AvgIpc) is 3.42. The van der Waals surface area contributed by atoms with Gasteiger partial charge in [0.1, 0.15) is 6.73 Å². The highest BCUT2D eigenvalue weighted by Crippen LogP contribution is 2.50. The molecular weight excluding hydrogens is 625 g/mol. The Morgan fingerprint density at radius 2 is 0.735 bits per heavy atom. The molecule has 0 spiro atoms. The summed E-state index contributed by atoms with van der Waals surface area (Å²) in [6.45, 7) is 11.3. The van der Waals surface area contributed by atoms with E-state index in [1.165, 1.54) is 180 Å². The molecule has 49 heavy (non-hydrogen) atoms. The van der Waals surface area contributed by atoms with Crippen LogP contribution in [-0.4, -0.2) is 37.4 Å². The fraction of sp³-hybridized carbons (Fsp3) is 1.00. The third kappa shape index (κ3) is 29.2. The number of hydrogen-bond donors (Lipinski definition) is 0. The lowest BCUT2D eigenvalue weighted by Gasteiger charge is -2.25. The van der Waals surface area contributed by atoms with E-state index >= 15 is 0 Å². The normalized spacial score (nSPS) is 17.1. The van der Waals surface area contributed by atoms with E-state index in [2.05, 4.69) is 32.6 Å². The van der Waals surface area contributed by atoms with Crippen molar-refractivity contribution in [3.05, 3.63) is 0 Å². The van der Waals surface area contributed by atoms with Gasteiger partial charge in [0.15, 0.2) is 0 Å². The van der Waals surface area contributed by atoms with Crippen LogP contribution in [0.1, 0.15) is 240 Å². The van der Waals surface area contributed by atoms with E-state index in [4.69, 9.17) is 13.6 Å². The highest BCUT2D eigenvalue weighted by Gasteiger charge is 2.32. The second kappa shape index (κ2) is 35.1. The molecule has 1 saturated heterocycles. The largest absolute Gasteiger partial charge is 0.476 e. The Morgan fingerprint density at radius 3 is 1.00 bits per heavy atom.